The van der Waals surface area contributed by atoms with Crippen LogP contribution in [0.4, 0.5) is 4.79 Å². The molecular formula is C29H34N4O4. The molecule has 1 unspecified atom stereocenters. The molecular weight excluding hydrogens is 468 g/mol. The molecule has 0 aliphatic carbocycles. The number of hydrogen-bond donors (Lipinski definition) is 2. The molecule has 1 aliphatic rings. The van der Waals surface area contributed by atoms with Gasteiger partial charge >= 0.3 is 12.0 Å². The van der Waals surface area contributed by atoms with Gasteiger partial charge in [0.15, 0.2) is 0 Å². The van der Waals surface area contributed by atoms with Crippen molar-refractivity contribution in [2.24, 2.45) is 0 Å². The third kappa shape index (κ3) is 5.85. The fourth-order valence-corrected chi connectivity index (χ4v) is 4.30. The van der Waals surface area contributed by atoms with Gasteiger partial charge < -0.3 is 20.1 Å². The molecule has 4 rings (SSSR count). The normalized spacial score (nSPS) is 15.4. The minimum atomic E-state index is -0.742. The summed E-state index contributed by atoms with van der Waals surface area (Å²) < 4.78 is 13.2. The molecule has 0 saturated heterocycles. The van der Waals surface area contributed by atoms with Crippen molar-refractivity contribution in [2.45, 2.75) is 59.6 Å². The quantitative estimate of drug-likeness (QED) is 0.293. The number of carbonyl (C=O) groups excluding carboxylic acids is 2. The van der Waals surface area contributed by atoms with E-state index in [0.29, 0.717) is 29.1 Å². The fraction of sp³-hybridized carbons (Fsp3) is 0.345. The summed E-state index contributed by atoms with van der Waals surface area (Å²) in [5.74, 6) is 0.340. The number of para-hydroxylation sites is 1. The molecule has 0 saturated carbocycles. The summed E-state index contributed by atoms with van der Waals surface area (Å²) in [5, 5.41) is 10.5. The van der Waals surface area contributed by atoms with Gasteiger partial charge in [0.25, 0.3) is 0 Å². The maximum Gasteiger partial charge on any atom is 0.338 e. The van der Waals surface area contributed by atoms with Gasteiger partial charge in [-0.25, -0.2) is 14.3 Å². The van der Waals surface area contributed by atoms with Crippen molar-refractivity contribution in [1.82, 2.24) is 20.4 Å². The lowest BCUT2D eigenvalue weighted by atomic mass is 9.93. The van der Waals surface area contributed by atoms with Crippen LogP contribution in [-0.2, 0) is 9.53 Å². The van der Waals surface area contributed by atoms with Crippen LogP contribution in [0.2, 0.25) is 0 Å². The van der Waals surface area contributed by atoms with E-state index in [0.717, 1.165) is 35.4 Å². The van der Waals surface area contributed by atoms with Crippen molar-refractivity contribution in [3.8, 4) is 22.7 Å². The molecule has 0 fully saturated rings. The number of aryl methyl sites for hydroxylation is 1. The van der Waals surface area contributed by atoms with Crippen molar-refractivity contribution >= 4 is 12.0 Å². The summed E-state index contributed by atoms with van der Waals surface area (Å²) in [4.78, 5) is 25.7. The number of amides is 2. The van der Waals surface area contributed by atoms with Gasteiger partial charge in [-0.05, 0) is 70.0 Å². The highest BCUT2D eigenvalue weighted by Crippen LogP contribution is 2.36. The van der Waals surface area contributed by atoms with Crippen molar-refractivity contribution in [3.05, 3.63) is 77.1 Å². The number of carbonyl (C=O) groups is 2. The van der Waals surface area contributed by atoms with Gasteiger partial charge in [-0.3, -0.25) is 0 Å². The van der Waals surface area contributed by atoms with Gasteiger partial charge in [0, 0.05) is 23.0 Å². The highest BCUT2D eigenvalue weighted by molar-refractivity contribution is 5.95. The molecule has 2 aromatic carbocycles. The van der Waals surface area contributed by atoms with E-state index in [9.17, 15) is 9.59 Å². The minimum absolute atomic E-state index is 0.305. The largest absolute Gasteiger partial charge is 0.493 e. The zero-order valence-corrected chi connectivity index (χ0v) is 22.0. The minimum Gasteiger partial charge on any atom is -0.493 e. The topological polar surface area (TPSA) is 94.5 Å². The first kappa shape index (κ1) is 26.0. The van der Waals surface area contributed by atoms with Gasteiger partial charge in [0.2, 0.25) is 0 Å². The van der Waals surface area contributed by atoms with E-state index in [2.05, 4.69) is 17.6 Å². The Morgan fingerprint density at radius 1 is 1.14 bits per heavy atom. The highest BCUT2D eigenvalue weighted by atomic mass is 16.5. The van der Waals surface area contributed by atoms with E-state index >= 15 is 0 Å². The van der Waals surface area contributed by atoms with Gasteiger partial charge in [-0.15, -0.1) is 0 Å². The van der Waals surface area contributed by atoms with Gasteiger partial charge in [-0.1, -0.05) is 31.5 Å². The Kier molecular flexibility index (Phi) is 7.96. The van der Waals surface area contributed by atoms with E-state index in [-0.39, 0.29) is 6.10 Å². The number of rotatable bonds is 9. The zero-order valence-electron chi connectivity index (χ0n) is 22.0. The molecule has 1 atom stereocenters. The first-order valence-electron chi connectivity index (χ1n) is 12.7. The summed E-state index contributed by atoms with van der Waals surface area (Å²) in [6, 6.07) is 14.5. The van der Waals surface area contributed by atoms with Crippen LogP contribution in [0.1, 0.15) is 57.7 Å². The molecule has 0 spiro atoms. The lowest BCUT2D eigenvalue weighted by Crippen LogP contribution is -2.45. The second-order valence-corrected chi connectivity index (χ2v) is 9.42. The predicted octanol–water partition coefficient (Wildman–Crippen LogP) is 5.61. The van der Waals surface area contributed by atoms with Crippen LogP contribution >= 0.6 is 0 Å². The molecule has 2 N–H and O–H groups in total. The number of unbranched alkanes of at least 4 members (excludes halogenated alkanes) is 1. The molecule has 1 aliphatic heterocycles. The Morgan fingerprint density at radius 3 is 2.57 bits per heavy atom. The lowest BCUT2D eigenvalue weighted by molar-refractivity contribution is -0.143. The van der Waals surface area contributed by atoms with Crippen LogP contribution in [0.25, 0.3) is 16.9 Å². The van der Waals surface area contributed by atoms with Crippen LogP contribution in [0.3, 0.4) is 0 Å². The molecule has 0 bridgehead atoms. The summed E-state index contributed by atoms with van der Waals surface area (Å²) in [6.45, 7) is 10.1. The van der Waals surface area contributed by atoms with Crippen LogP contribution < -0.4 is 15.4 Å². The summed E-state index contributed by atoms with van der Waals surface area (Å²) in [5.41, 5.74) is 4.83. The van der Waals surface area contributed by atoms with Crippen molar-refractivity contribution in [2.75, 3.05) is 6.61 Å². The average molecular weight is 503 g/mol. The fourth-order valence-electron chi connectivity index (χ4n) is 4.30. The van der Waals surface area contributed by atoms with Gasteiger partial charge in [0.05, 0.1) is 35.7 Å². The summed E-state index contributed by atoms with van der Waals surface area (Å²) >= 11 is 0. The zero-order chi connectivity index (χ0) is 26.5. The van der Waals surface area contributed by atoms with Crippen molar-refractivity contribution < 1.29 is 19.1 Å². The van der Waals surface area contributed by atoms with E-state index in [1.54, 1.807) is 25.5 Å². The van der Waals surface area contributed by atoms with Crippen LogP contribution in [0, 0.1) is 6.92 Å². The molecule has 37 heavy (non-hydrogen) atoms. The Morgan fingerprint density at radius 2 is 1.89 bits per heavy atom. The van der Waals surface area contributed by atoms with Gasteiger partial charge in [0.1, 0.15) is 5.75 Å². The molecule has 1 aromatic heterocycles. The Labute approximate surface area is 217 Å². The number of benzene rings is 2. The first-order chi connectivity index (χ1) is 17.8. The maximum atomic E-state index is 13.1. The Balaban J connectivity index is 1.83. The molecule has 8 heteroatoms. The maximum absolute atomic E-state index is 13.1. The monoisotopic (exact) mass is 502 g/mol. The number of allylic oxidation sites excluding steroid dienone is 1. The molecule has 3 aromatic rings. The van der Waals surface area contributed by atoms with Crippen LogP contribution in [0.5, 0.6) is 5.75 Å². The molecule has 2 amide bonds. The average Bonchev–Trinajstić information content (AvgIpc) is 3.30. The Hall–Kier alpha value is -4.07. The molecule has 194 valence electrons. The number of ether oxygens (including phenoxy) is 2. The van der Waals surface area contributed by atoms with Crippen molar-refractivity contribution in [1.29, 1.82) is 0 Å². The highest BCUT2D eigenvalue weighted by Gasteiger charge is 2.35. The predicted molar refractivity (Wildman–Crippen MR) is 142 cm³/mol. The number of nitrogens with zero attached hydrogens (tertiary/aromatic N) is 2. The Bertz CT molecular complexity index is 1310. The summed E-state index contributed by atoms with van der Waals surface area (Å²) in [7, 11) is 0. The SMILES string of the molecule is CCCCOc1ccc(-c2nn(-c3ccccc3)cc2C2NC(=O)NC(C)=C2C(=O)OC(C)C)cc1C. The molecule has 0 radical (unpaired) electrons. The first-order valence-corrected chi connectivity index (χ1v) is 12.7. The van der Waals surface area contributed by atoms with E-state index in [1.807, 2.05) is 61.7 Å². The smallest absolute Gasteiger partial charge is 0.338 e. The number of aromatic nitrogens is 2. The number of nitrogens with one attached hydrogen (secondary N) is 2. The van der Waals surface area contributed by atoms with Crippen LogP contribution in [0.15, 0.2) is 66.0 Å². The number of hydrogen-bond acceptors (Lipinski definition) is 5. The van der Waals surface area contributed by atoms with E-state index in [1.165, 1.54) is 0 Å². The van der Waals surface area contributed by atoms with E-state index < -0.39 is 18.0 Å². The van der Waals surface area contributed by atoms with E-state index in [4.69, 9.17) is 14.6 Å². The number of urea groups is 1. The van der Waals surface area contributed by atoms with Crippen molar-refractivity contribution in [3.63, 3.8) is 0 Å². The van der Waals surface area contributed by atoms with Gasteiger partial charge in [-0.2, -0.15) is 5.10 Å². The van der Waals surface area contributed by atoms with Crippen LogP contribution in [-0.4, -0.2) is 34.5 Å². The third-order valence-electron chi connectivity index (χ3n) is 6.11. The third-order valence-corrected chi connectivity index (χ3v) is 6.11. The lowest BCUT2D eigenvalue weighted by Gasteiger charge is -2.28. The standard InChI is InChI=1S/C29H34N4O4/c1-6-7-15-36-24-14-13-21(16-19(24)4)26-23(17-33(32-26)22-11-9-8-10-12-22)27-25(28(34)37-18(2)3)20(5)30-29(35)31-27/h8-14,16-18,27H,6-7,15H2,1-5H3,(H2,30,31,35). The second kappa shape index (κ2) is 11.3. The molecule has 8 nitrogen and oxygen atoms in total. The molecule has 2 heterocycles. The second-order valence-electron chi connectivity index (χ2n) is 9.42. The number of esters is 1. The summed E-state index contributed by atoms with van der Waals surface area (Å²) in [6.07, 6.45) is 3.61.